The molecule has 0 unspecified atom stereocenters. The van der Waals surface area contributed by atoms with E-state index in [1.807, 2.05) is 60.7 Å². The highest BCUT2D eigenvalue weighted by atomic mass is 16.6. The molecule has 0 spiro atoms. The molecule has 4 aromatic rings. The van der Waals surface area contributed by atoms with Gasteiger partial charge in [0.2, 0.25) is 5.90 Å². The van der Waals surface area contributed by atoms with Crippen molar-refractivity contribution in [2.45, 2.75) is 12.0 Å². The Balaban J connectivity index is 1.56. The average Bonchev–Trinajstić information content (AvgIpc) is 3.22. The lowest BCUT2D eigenvalue weighted by atomic mass is 9.91. The third-order valence-corrected chi connectivity index (χ3v) is 5.75. The van der Waals surface area contributed by atoms with Gasteiger partial charge in [0.05, 0.1) is 7.11 Å². The summed E-state index contributed by atoms with van der Waals surface area (Å²) in [5.74, 6) is -0.483. The molecule has 34 heavy (non-hydrogen) atoms. The molecule has 6 heteroatoms. The predicted molar refractivity (Wildman–Crippen MR) is 128 cm³/mol. The van der Waals surface area contributed by atoms with Gasteiger partial charge >= 0.3 is 11.9 Å². The number of carbonyl (C=O) groups excluding carboxylic acids is 2. The molecule has 1 heterocycles. The molecule has 0 saturated carbocycles. The number of benzene rings is 4. The van der Waals surface area contributed by atoms with Crippen LogP contribution in [0.15, 0.2) is 102 Å². The molecule has 1 aliphatic rings. The van der Waals surface area contributed by atoms with Gasteiger partial charge in [0, 0.05) is 17.4 Å². The molecule has 0 saturated heterocycles. The van der Waals surface area contributed by atoms with Crippen molar-refractivity contribution >= 4 is 28.6 Å². The normalized spacial score (nSPS) is 17.2. The number of carbonyl (C=O) groups is 2. The van der Waals surface area contributed by atoms with Gasteiger partial charge in [-0.1, -0.05) is 66.7 Å². The molecule has 0 amide bonds. The number of hydrogen-bond donors (Lipinski definition) is 0. The SMILES string of the molecule is COc1ccc(C2=N[C@](Cc3ccccc3)(C(=O)Oc3cccc4ccccc34)C(=O)O2)cc1. The van der Waals surface area contributed by atoms with E-state index in [1.54, 1.807) is 43.5 Å². The summed E-state index contributed by atoms with van der Waals surface area (Å²) in [4.78, 5) is 31.4. The van der Waals surface area contributed by atoms with Crippen LogP contribution in [0.1, 0.15) is 11.1 Å². The van der Waals surface area contributed by atoms with Gasteiger partial charge in [-0.25, -0.2) is 14.6 Å². The fourth-order valence-electron chi connectivity index (χ4n) is 3.94. The van der Waals surface area contributed by atoms with Crippen LogP contribution in [0.4, 0.5) is 0 Å². The molecule has 0 N–H and O–H groups in total. The second kappa shape index (κ2) is 8.83. The smallest absolute Gasteiger partial charge is 0.353 e. The van der Waals surface area contributed by atoms with Crippen LogP contribution in [0.5, 0.6) is 11.5 Å². The minimum Gasteiger partial charge on any atom is -0.497 e. The van der Waals surface area contributed by atoms with Crippen LogP contribution >= 0.6 is 0 Å². The zero-order valence-corrected chi connectivity index (χ0v) is 18.4. The summed E-state index contributed by atoms with van der Waals surface area (Å²) in [7, 11) is 1.57. The second-order valence-corrected chi connectivity index (χ2v) is 7.92. The number of ether oxygens (including phenoxy) is 3. The Labute approximate surface area is 196 Å². The Hall–Kier alpha value is -4.45. The van der Waals surface area contributed by atoms with Crippen molar-refractivity contribution in [1.82, 2.24) is 0 Å². The number of aliphatic imine (C=N–C) groups is 1. The van der Waals surface area contributed by atoms with E-state index in [-0.39, 0.29) is 12.3 Å². The highest BCUT2D eigenvalue weighted by molar-refractivity contribution is 6.18. The largest absolute Gasteiger partial charge is 0.497 e. The van der Waals surface area contributed by atoms with Gasteiger partial charge in [-0.2, -0.15) is 0 Å². The van der Waals surface area contributed by atoms with Crippen molar-refractivity contribution < 1.29 is 23.8 Å². The first-order valence-electron chi connectivity index (χ1n) is 10.8. The molecule has 0 fully saturated rings. The first-order valence-corrected chi connectivity index (χ1v) is 10.8. The van der Waals surface area contributed by atoms with Gasteiger partial charge in [-0.05, 0) is 41.3 Å². The summed E-state index contributed by atoms with van der Waals surface area (Å²) < 4.78 is 16.5. The van der Waals surface area contributed by atoms with Gasteiger partial charge in [-0.3, -0.25) is 0 Å². The number of esters is 2. The summed E-state index contributed by atoms with van der Waals surface area (Å²) in [6.45, 7) is 0. The number of hydrogen-bond acceptors (Lipinski definition) is 6. The first kappa shape index (κ1) is 21.4. The zero-order chi connectivity index (χ0) is 23.5. The van der Waals surface area contributed by atoms with Crippen molar-refractivity contribution in [3.8, 4) is 11.5 Å². The number of rotatable bonds is 6. The van der Waals surface area contributed by atoms with E-state index in [0.29, 0.717) is 17.1 Å². The summed E-state index contributed by atoms with van der Waals surface area (Å²) in [5.41, 5.74) is -0.552. The molecule has 0 aliphatic carbocycles. The van der Waals surface area contributed by atoms with Crippen molar-refractivity contribution in [3.63, 3.8) is 0 Å². The van der Waals surface area contributed by atoms with Gasteiger partial charge < -0.3 is 14.2 Å². The zero-order valence-electron chi connectivity index (χ0n) is 18.4. The summed E-state index contributed by atoms with van der Waals surface area (Å²) in [5, 5.41) is 1.68. The van der Waals surface area contributed by atoms with Crippen molar-refractivity contribution in [1.29, 1.82) is 0 Å². The lowest BCUT2D eigenvalue weighted by Crippen LogP contribution is -2.47. The van der Waals surface area contributed by atoms with E-state index < -0.39 is 17.5 Å². The summed E-state index contributed by atoms with van der Waals surface area (Å²) in [6, 6.07) is 29.1. The van der Waals surface area contributed by atoms with E-state index in [9.17, 15) is 9.59 Å². The number of cyclic esters (lactones) is 1. The quantitative estimate of drug-likeness (QED) is 0.241. The Morgan fingerprint density at radius 1 is 0.882 bits per heavy atom. The number of methoxy groups -OCH3 is 1. The van der Waals surface area contributed by atoms with Crippen LogP contribution in [0.2, 0.25) is 0 Å². The monoisotopic (exact) mass is 451 g/mol. The molecule has 5 rings (SSSR count). The highest BCUT2D eigenvalue weighted by Gasteiger charge is 2.54. The molecule has 6 nitrogen and oxygen atoms in total. The molecular weight excluding hydrogens is 430 g/mol. The van der Waals surface area contributed by atoms with Crippen LogP contribution in [-0.4, -0.2) is 30.5 Å². The fraction of sp³-hybridized carbons (Fsp3) is 0.107. The first-order chi connectivity index (χ1) is 16.6. The second-order valence-electron chi connectivity index (χ2n) is 7.92. The van der Waals surface area contributed by atoms with Gasteiger partial charge in [0.25, 0.3) is 5.54 Å². The van der Waals surface area contributed by atoms with Gasteiger partial charge in [0.15, 0.2) is 0 Å². The Kier molecular flexibility index (Phi) is 5.55. The van der Waals surface area contributed by atoms with Crippen LogP contribution in [-0.2, 0) is 20.7 Å². The Morgan fingerprint density at radius 2 is 1.59 bits per heavy atom. The van der Waals surface area contributed by atoms with Crippen molar-refractivity contribution in [2.75, 3.05) is 7.11 Å². The standard InChI is InChI=1S/C28H21NO5/c1-32-22-16-14-21(15-17-22)25-29-28(27(31)34-25,18-19-8-3-2-4-9-19)26(30)33-24-13-7-11-20-10-5-6-12-23(20)24/h2-17H,18H2,1H3/t28-/m1/s1. The van der Waals surface area contributed by atoms with Gasteiger partial charge in [0.1, 0.15) is 11.5 Å². The number of nitrogens with zero attached hydrogens (tertiary/aromatic N) is 1. The molecular formula is C28H21NO5. The fourth-order valence-corrected chi connectivity index (χ4v) is 3.94. The van der Waals surface area contributed by atoms with Crippen molar-refractivity contribution in [3.05, 3.63) is 108 Å². The van der Waals surface area contributed by atoms with Gasteiger partial charge in [-0.15, -0.1) is 0 Å². The minimum absolute atomic E-state index is 0.00985. The maximum absolute atomic E-state index is 13.6. The van der Waals surface area contributed by atoms with Crippen molar-refractivity contribution in [2.24, 2.45) is 4.99 Å². The van der Waals surface area contributed by atoms with Crippen LogP contribution in [0, 0.1) is 0 Å². The molecule has 168 valence electrons. The van der Waals surface area contributed by atoms with E-state index in [4.69, 9.17) is 14.2 Å². The van der Waals surface area contributed by atoms with Crippen LogP contribution in [0.25, 0.3) is 10.8 Å². The van der Waals surface area contributed by atoms with Crippen LogP contribution in [0.3, 0.4) is 0 Å². The average molecular weight is 451 g/mol. The minimum atomic E-state index is -1.87. The van der Waals surface area contributed by atoms with E-state index in [0.717, 1.165) is 16.3 Å². The van der Waals surface area contributed by atoms with E-state index in [1.165, 1.54) is 0 Å². The van der Waals surface area contributed by atoms with Crippen LogP contribution < -0.4 is 9.47 Å². The maximum Gasteiger partial charge on any atom is 0.353 e. The topological polar surface area (TPSA) is 74.2 Å². The number of fused-ring (bicyclic) bond motifs is 1. The summed E-state index contributed by atoms with van der Waals surface area (Å²) in [6.07, 6.45) is 0.00985. The maximum atomic E-state index is 13.6. The third kappa shape index (κ3) is 3.90. The predicted octanol–water partition coefficient (Wildman–Crippen LogP) is 4.74. The van der Waals surface area contributed by atoms with E-state index >= 15 is 0 Å². The molecule has 1 atom stereocenters. The highest BCUT2D eigenvalue weighted by Crippen LogP contribution is 2.32. The summed E-state index contributed by atoms with van der Waals surface area (Å²) >= 11 is 0. The molecule has 0 radical (unpaired) electrons. The Bertz CT molecular complexity index is 1390. The lowest BCUT2D eigenvalue weighted by Gasteiger charge is -2.20. The Morgan fingerprint density at radius 3 is 2.35 bits per heavy atom. The molecule has 0 aromatic heterocycles. The third-order valence-electron chi connectivity index (χ3n) is 5.75. The molecule has 4 aromatic carbocycles. The lowest BCUT2D eigenvalue weighted by molar-refractivity contribution is -0.151. The van der Waals surface area contributed by atoms with E-state index in [2.05, 4.69) is 4.99 Å². The molecule has 0 bridgehead atoms. The molecule has 1 aliphatic heterocycles.